The van der Waals surface area contributed by atoms with Gasteiger partial charge in [-0.3, -0.25) is 14.5 Å². The highest BCUT2D eigenvalue weighted by atomic mass is 19.1. The van der Waals surface area contributed by atoms with Gasteiger partial charge in [0, 0.05) is 5.56 Å². The van der Waals surface area contributed by atoms with Crippen molar-refractivity contribution in [2.45, 2.75) is 0 Å². The Hall–Kier alpha value is -2.83. The summed E-state index contributed by atoms with van der Waals surface area (Å²) in [6.45, 7) is 0. The van der Waals surface area contributed by atoms with E-state index in [1.165, 1.54) is 24.5 Å². The van der Waals surface area contributed by atoms with Gasteiger partial charge in [-0.25, -0.2) is 14.2 Å². The summed E-state index contributed by atoms with van der Waals surface area (Å²) in [7, 11) is 0. The molecule has 1 aromatic carbocycles. The molecule has 19 heavy (non-hydrogen) atoms. The van der Waals surface area contributed by atoms with E-state index in [1.54, 1.807) is 12.1 Å². The Labute approximate surface area is 105 Å². The molecule has 3 rings (SSSR count). The van der Waals surface area contributed by atoms with Gasteiger partial charge in [0.15, 0.2) is 0 Å². The summed E-state index contributed by atoms with van der Waals surface area (Å²) in [5.74, 6) is -0.792. The summed E-state index contributed by atoms with van der Waals surface area (Å²) in [6.07, 6.45) is 2.98. The molecule has 0 aliphatic carbocycles. The van der Waals surface area contributed by atoms with Gasteiger partial charge in [-0.05, 0) is 24.3 Å². The molecule has 0 bridgehead atoms. The van der Waals surface area contributed by atoms with E-state index in [4.69, 9.17) is 0 Å². The maximum absolute atomic E-state index is 12.9. The third-order valence-corrected chi connectivity index (χ3v) is 2.46. The summed E-state index contributed by atoms with van der Waals surface area (Å²) < 4.78 is 17.3. The van der Waals surface area contributed by atoms with Crippen LogP contribution in [0.5, 0.6) is 0 Å². The standard InChI is InChI=1S/C12H7FN4O2/c13-8-3-1-7(2-4-8)9-5-14-6-10(15-9)11-16-12(18)19-17-11/h1-6H,(H,16,17,18). The fourth-order valence-electron chi connectivity index (χ4n) is 1.58. The Bertz CT molecular complexity index is 764. The first-order valence-corrected chi connectivity index (χ1v) is 5.37. The molecular weight excluding hydrogens is 251 g/mol. The molecule has 0 radical (unpaired) electrons. The smallest absolute Gasteiger partial charge is 0.296 e. The van der Waals surface area contributed by atoms with Crippen molar-refractivity contribution >= 4 is 0 Å². The van der Waals surface area contributed by atoms with Crippen LogP contribution in [0.4, 0.5) is 4.39 Å². The van der Waals surface area contributed by atoms with Gasteiger partial charge in [0.25, 0.3) is 0 Å². The largest absolute Gasteiger partial charge is 0.439 e. The van der Waals surface area contributed by atoms with Gasteiger partial charge in [0.05, 0.1) is 18.1 Å². The predicted molar refractivity (Wildman–Crippen MR) is 63.5 cm³/mol. The molecule has 0 aliphatic rings. The Morgan fingerprint density at radius 1 is 1.11 bits per heavy atom. The van der Waals surface area contributed by atoms with Gasteiger partial charge >= 0.3 is 5.76 Å². The molecule has 6 nitrogen and oxygen atoms in total. The van der Waals surface area contributed by atoms with Gasteiger partial charge in [0.1, 0.15) is 11.5 Å². The number of halogens is 1. The quantitative estimate of drug-likeness (QED) is 0.755. The van der Waals surface area contributed by atoms with Crippen molar-refractivity contribution in [3.63, 3.8) is 0 Å². The van der Waals surface area contributed by atoms with Gasteiger partial charge in [-0.1, -0.05) is 5.16 Å². The highest BCUT2D eigenvalue weighted by Gasteiger charge is 2.08. The van der Waals surface area contributed by atoms with Crippen molar-refractivity contribution in [2.75, 3.05) is 0 Å². The van der Waals surface area contributed by atoms with Crippen LogP contribution in [0.3, 0.4) is 0 Å². The Morgan fingerprint density at radius 2 is 1.84 bits per heavy atom. The zero-order valence-corrected chi connectivity index (χ0v) is 9.50. The first-order valence-electron chi connectivity index (χ1n) is 5.37. The molecule has 94 valence electrons. The minimum Gasteiger partial charge on any atom is -0.296 e. The summed E-state index contributed by atoms with van der Waals surface area (Å²) >= 11 is 0. The normalized spacial score (nSPS) is 10.6. The summed E-state index contributed by atoms with van der Waals surface area (Å²) in [5, 5.41) is 3.53. The van der Waals surface area contributed by atoms with E-state index in [2.05, 4.69) is 24.6 Å². The van der Waals surface area contributed by atoms with Gasteiger partial charge in [-0.2, -0.15) is 0 Å². The minimum atomic E-state index is -0.663. The maximum atomic E-state index is 12.9. The lowest BCUT2D eigenvalue weighted by molar-refractivity contribution is 0.387. The van der Waals surface area contributed by atoms with E-state index >= 15 is 0 Å². The minimum absolute atomic E-state index is 0.196. The average Bonchev–Trinajstić information content (AvgIpc) is 2.86. The second-order valence-corrected chi connectivity index (χ2v) is 3.74. The zero-order chi connectivity index (χ0) is 13.2. The number of benzene rings is 1. The Morgan fingerprint density at radius 3 is 2.53 bits per heavy atom. The number of rotatable bonds is 2. The lowest BCUT2D eigenvalue weighted by Gasteiger charge is -2.01. The monoisotopic (exact) mass is 258 g/mol. The maximum Gasteiger partial charge on any atom is 0.439 e. The van der Waals surface area contributed by atoms with Crippen LogP contribution >= 0.6 is 0 Å². The zero-order valence-electron chi connectivity index (χ0n) is 9.50. The molecule has 0 amide bonds. The van der Waals surface area contributed by atoms with Crippen LogP contribution in [0.1, 0.15) is 0 Å². The molecular formula is C12H7FN4O2. The van der Waals surface area contributed by atoms with E-state index in [1.807, 2.05) is 0 Å². The second kappa shape index (κ2) is 4.45. The Kier molecular flexibility index (Phi) is 2.64. The molecule has 1 N–H and O–H groups in total. The van der Waals surface area contributed by atoms with Crippen molar-refractivity contribution in [2.24, 2.45) is 0 Å². The van der Waals surface area contributed by atoms with E-state index in [0.717, 1.165) is 0 Å². The first kappa shape index (κ1) is 11.3. The lowest BCUT2D eigenvalue weighted by Crippen LogP contribution is -1.96. The summed E-state index contributed by atoms with van der Waals surface area (Å²) in [5.41, 5.74) is 1.62. The highest BCUT2D eigenvalue weighted by Crippen LogP contribution is 2.19. The molecule has 0 atom stereocenters. The van der Waals surface area contributed by atoms with Crippen LogP contribution < -0.4 is 5.76 Å². The van der Waals surface area contributed by atoms with Gasteiger partial charge < -0.3 is 0 Å². The van der Waals surface area contributed by atoms with Crippen LogP contribution in [-0.4, -0.2) is 20.1 Å². The molecule has 2 aromatic heterocycles. The third-order valence-electron chi connectivity index (χ3n) is 2.46. The molecule has 0 saturated carbocycles. The number of nitrogens with one attached hydrogen (secondary N) is 1. The van der Waals surface area contributed by atoms with Crippen LogP contribution in [0.15, 0.2) is 46.0 Å². The molecule has 0 saturated heterocycles. The van der Waals surface area contributed by atoms with Crippen molar-refractivity contribution in [3.8, 4) is 22.8 Å². The van der Waals surface area contributed by atoms with E-state index in [9.17, 15) is 9.18 Å². The number of hydrogen-bond donors (Lipinski definition) is 1. The summed E-state index contributed by atoms with van der Waals surface area (Å²) in [6, 6.07) is 5.85. The molecule has 0 fully saturated rings. The highest BCUT2D eigenvalue weighted by molar-refractivity contribution is 5.61. The first-order chi connectivity index (χ1) is 9.22. The van der Waals surface area contributed by atoms with Crippen molar-refractivity contribution < 1.29 is 8.91 Å². The topological polar surface area (TPSA) is 84.7 Å². The van der Waals surface area contributed by atoms with Gasteiger partial charge in [0.2, 0.25) is 5.82 Å². The number of aromatic amines is 1. The van der Waals surface area contributed by atoms with E-state index in [-0.39, 0.29) is 11.6 Å². The molecule has 3 aromatic rings. The van der Waals surface area contributed by atoms with E-state index < -0.39 is 5.76 Å². The van der Waals surface area contributed by atoms with Crippen molar-refractivity contribution in [1.29, 1.82) is 0 Å². The molecule has 0 aliphatic heterocycles. The van der Waals surface area contributed by atoms with Gasteiger partial charge in [-0.15, -0.1) is 0 Å². The van der Waals surface area contributed by atoms with Crippen LogP contribution in [0, 0.1) is 5.82 Å². The van der Waals surface area contributed by atoms with Crippen LogP contribution in [0.2, 0.25) is 0 Å². The molecule has 2 heterocycles. The lowest BCUT2D eigenvalue weighted by atomic mass is 10.1. The molecule has 0 spiro atoms. The van der Waals surface area contributed by atoms with Crippen LogP contribution in [-0.2, 0) is 0 Å². The Balaban J connectivity index is 2.04. The molecule has 7 heteroatoms. The van der Waals surface area contributed by atoms with Crippen LogP contribution in [0.25, 0.3) is 22.8 Å². The van der Waals surface area contributed by atoms with E-state index in [0.29, 0.717) is 17.0 Å². The number of H-pyrrole nitrogens is 1. The van der Waals surface area contributed by atoms with Crippen molar-refractivity contribution in [3.05, 3.63) is 53.0 Å². The third kappa shape index (κ3) is 2.25. The number of nitrogens with zero attached hydrogens (tertiary/aromatic N) is 3. The number of hydrogen-bond acceptors (Lipinski definition) is 5. The number of aromatic nitrogens is 4. The van der Waals surface area contributed by atoms with Crippen molar-refractivity contribution in [1.82, 2.24) is 20.1 Å². The average molecular weight is 258 g/mol. The predicted octanol–water partition coefficient (Wildman–Crippen LogP) is 1.63. The fourth-order valence-corrected chi connectivity index (χ4v) is 1.58. The molecule has 0 unspecified atom stereocenters. The second-order valence-electron chi connectivity index (χ2n) is 3.74. The fraction of sp³-hybridized carbons (Fsp3) is 0. The summed E-state index contributed by atoms with van der Waals surface area (Å²) in [4.78, 5) is 21.6. The SMILES string of the molecule is O=c1[nH]c(-c2cncc(-c3ccc(F)cc3)n2)no1.